The molecular weight excluding hydrogens is 164 g/mol. The van der Waals surface area contributed by atoms with E-state index in [-0.39, 0.29) is 11.9 Å². The van der Waals surface area contributed by atoms with Gasteiger partial charge in [-0.3, -0.25) is 5.41 Å². The molecule has 0 aromatic heterocycles. The molecule has 0 radical (unpaired) electrons. The number of hydrogen-bond acceptors (Lipinski definition) is 3. The molecular formula is C4H12N6O2. The Morgan fingerprint density at radius 1 is 1.50 bits per heavy atom. The lowest BCUT2D eigenvalue weighted by Gasteiger charge is -2.08. The molecule has 0 rings (SSSR count). The summed E-state index contributed by atoms with van der Waals surface area (Å²) < 4.78 is 0. The fraction of sp³-hybridized carbons (Fsp3) is 0.500. The van der Waals surface area contributed by atoms with Gasteiger partial charge in [-0.15, -0.1) is 4.91 Å². The van der Waals surface area contributed by atoms with Crippen LogP contribution in [-0.2, 0) is 0 Å². The predicted molar refractivity (Wildman–Crippen MR) is 44.8 cm³/mol. The van der Waals surface area contributed by atoms with Crippen molar-refractivity contribution in [3.8, 4) is 0 Å². The molecule has 0 heterocycles. The van der Waals surface area contributed by atoms with Crippen molar-refractivity contribution in [1.29, 1.82) is 5.41 Å². The Hall–Kier alpha value is -1.86. The molecule has 0 saturated heterocycles. The first-order chi connectivity index (χ1) is 5.45. The molecule has 8 heteroatoms. The highest BCUT2D eigenvalue weighted by Crippen LogP contribution is 1.73. The fourth-order valence-electron chi connectivity index (χ4n) is 0.223. The van der Waals surface area contributed by atoms with Crippen LogP contribution in [0.2, 0.25) is 0 Å². The molecule has 0 aliphatic heterocycles. The smallest absolute Gasteiger partial charge is 0.215 e. The van der Waals surface area contributed by atoms with E-state index in [4.69, 9.17) is 27.0 Å². The largest absolute Gasteiger partial charge is 0.379 e. The van der Waals surface area contributed by atoms with Gasteiger partial charge in [0.1, 0.15) is 0 Å². The van der Waals surface area contributed by atoms with Gasteiger partial charge in [-0.2, -0.15) is 4.99 Å². The number of nitrogens with zero attached hydrogens (tertiary/aromatic N) is 3. The van der Waals surface area contributed by atoms with Gasteiger partial charge in [0.25, 0.3) is 0 Å². The van der Waals surface area contributed by atoms with Crippen molar-refractivity contribution < 1.29 is 5.21 Å². The van der Waals surface area contributed by atoms with Gasteiger partial charge in [-0.05, 0) is 0 Å². The van der Waals surface area contributed by atoms with Gasteiger partial charge in [0.15, 0.2) is 11.3 Å². The molecule has 0 amide bonds. The molecule has 0 spiro atoms. The van der Waals surface area contributed by atoms with Crippen LogP contribution in [0.3, 0.4) is 0 Å². The third-order valence-corrected chi connectivity index (χ3v) is 0.693. The van der Waals surface area contributed by atoms with Crippen molar-refractivity contribution in [2.75, 3.05) is 14.1 Å². The van der Waals surface area contributed by atoms with Crippen LogP contribution in [0.1, 0.15) is 0 Å². The Bertz CT molecular complexity index is 176. The molecule has 0 aromatic rings. The summed E-state index contributed by atoms with van der Waals surface area (Å²) in [6.07, 6.45) is 0. The first-order valence-electron chi connectivity index (χ1n) is 2.78. The van der Waals surface area contributed by atoms with E-state index in [9.17, 15) is 0 Å². The van der Waals surface area contributed by atoms with Crippen molar-refractivity contribution in [3.05, 3.63) is 4.91 Å². The van der Waals surface area contributed by atoms with E-state index in [1.165, 1.54) is 5.34 Å². The second-order valence-electron chi connectivity index (χ2n) is 1.83. The maximum atomic E-state index is 8.11. The highest BCUT2D eigenvalue weighted by molar-refractivity contribution is 5.91. The van der Waals surface area contributed by atoms with E-state index in [1.54, 1.807) is 19.0 Å². The summed E-state index contributed by atoms with van der Waals surface area (Å²) in [4.78, 5) is 13.1. The van der Waals surface area contributed by atoms with Crippen LogP contribution in [0.5, 0.6) is 0 Å². The van der Waals surface area contributed by atoms with Crippen LogP contribution < -0.4 is 11.5 Å². The lowest BCUT2D eigenvalue weighted by Crippen LogP contribution is -2.32. The SMILES string of the molecule is CN(C)C(N)=NC(=N)N.O=NO. The zero-order chi connectivity index (χ0) is 10.1. The normalized spacial score (nSPS) is 9.33. The molecule has 0 saturated carbocycles. The van der Waals surface area contributed by atoms with E-state index >= 15 is 0 Å². The van der Waals surface area contributed by atoms with Gasteiger partial charge in [-0.1, -0.05) is 0 Å². The zero-order valence-electron chi connectivity index (χ0n) is 6.85. The fourth-order valence-corrected chi connectivity index (χ4v) is 0.223. The van der Waals surface area contributed by atoms with Gasteiger partial charge in [0.05, 0.1) is 0 Å². The summed E-state index contributed by atoms with van der Waals surface area (Å²) in [5.41, 5.74) is 10.2. The lowest BCUT2D eigenvalue weighted by atomic mass is 10.8. The highest BCUT2D eigenvalue weighted by atomic mass is 16.6. The summed E-state index contributed by atoms with van der Waals surface area (Å²) in [5.74, 6) is -0.0382. The number of hydrogen-bond donors (Lipinski definition) is 4. The van der Waals surface area contributed by atoms with Crippen LogP contribution in [0.4, 0.5) is 0 Å². The Balaban J connectivity index is 0. The summed E-state index contributed by atoms with van der Waals surface area (Å²) in [7, 11) is 3.45. The minimum absolute atomic E-state index is 0.238. The average molecular weight is 176 g/mol. The van der Waals surface area contributed by atoms with Crippen LogP contribution in [-0.4, -0.2) is 36.1 Å². The first-order valence-corrected chi connectivity index (χ1v) is 2.78. The van der Waals surface area contributed by atoms with E-state index < -0.39 is 0 Å². The Labute approximate surface area is 69.3 Å². The van der Waals surface area contributed by atoms with Crippen LogP contribution in [0, 0.1) is 10.3 Å². The monoisotopic (exact) mass is 176 g/mol. The first kappa shape index (κ1) is 12.8. The van der Waals surface area contributed by atoms with E-state index in [1.807, 2.05) is 0 Å². The predicted octanol–water partition coefficient (Wildman–Crippen LogP) is -1.10. The van der Waals surface area contributed by atoms with Gasteiger partial charge in [-0.25, -0.2) is 0 Å². The summed E-state index contributed by atoms with van der Waals surface area (Å²) in [5, 5.41) is 14.6. The summed E-state index contributed by atoms with van der Waals surface area (Å²) in [6.45, 7) is 0. The molecule has 12 heavy (non-hydrogen) atoms. The molecule has 6 N–H and O–H groups in total. The van der Waals surface area contributed by atoms with Gasteiger partial charge >= 0.3 is 0 Å². The number of nitrogens with one attached hydrogen (secondary N) is 1. The lowest BCUT2D eigenvalue weighted by molar-refractivity contribution is 0.312. The topological polar surface area (TPSA) is 141 Å². The third-order valence-electron chi connectivity index (χ3n) is 0.693. The van der Waals surface area contributed by atoms with E-state index in [0.29, 0.717) is 0 Å². The second-order valence-corrected chi connectivity index (χ2v) is 1.83. The number of nitrogens with two attached hydrogens (primary N) is 2. The second kappa shape index (κ2) is 7.25. The average Bonchev–Trinajstić information content (AvgIpc) is 1.87. The van der Waals surface area contributed by atoms with Gasteiger partial charge in [0, 0.05) is 14.1 Å². The van der Waals surface area contributed by atoms with Crippen molar-refractivity contribution in [2.45, 2.75) is 0 Å². The van der Waals surface area contributed by atoms with Crippen molar-refractivity contribution in [3.63, 3.8) is 0 Å². The van der Waals surface area contributed by atoms with Crippen LogP contribution in [0.15, 0.2) is 10.3 Å². The zero-order valence-corrected chi connectivity index (χ0v) is 6.85. The molecule has 0 atom stereocenters. The Kier molecular flexibility index (Phi) is 7.72. The molecule has 0 aliphatic carbocycles. The molecule has 0 fully saturated rings. The summed E-state index contributed by atoms with van der Waals surface area (Å²) >= 11 is 0. The van der Waals surface area contributed by atoms with Gasteiger partial charge in [0.2, 0.25) is 5.96 Å². The number of aliphatic imine (C=N–C) groups is 1. The molecule has 0 aromatic carbocycles. The molecule has 70 valence electrons. The molecule has 0 unspecified atom stereocenters. The van der Waals surface area contributed by atoms with Crippen LogP contribution >= 0.6 is 0 Å². The number of rotatable bonds is 0. The quantitative estimate of drug-likeness (QED) is 0.160. The van der Waals surface area contributed by atoms with Crippen molar-refractivity contribution in [2.24, 2.45) is 21.8 Å². The van der Waals surface area contributed by atoms with Gasteiger partial charge < -0.3 is 21.6 Å². The molecule has 0 aliphatic rings. The maximum absolute atomic E-state index is 8.11. The van der Waals surface area contributed by atoms with Crippen molar-refractivity contribution >= 4 is 11.9 Å². The summed E-state index contributed by atoms with van der Waals surface area (Å²) in [6, 6.07) is 0. The van der Waals surface area contributed by atoms with Crippen LogP contribution in [0.25, 0.3) is 0 Å². The third kappa shape index (κ3) is 11.0. The standard InChI is InChI=1S/C4H11N5.HNO2/c1-9(2)4(7)8-3(5)6;2-1-3/h1-2H3,(H5,5,6,7,8);(H,2,3). The molecule has 8 nitrogen and oxygen atoms in total. The highest BCUT2D eigenvalue weighted by Gasteiger charge is 1.92. The van der Waals surface area contributed by atoms with E-state index in [0.717, 1.165) is 0 Å². The number of guanidine groups is 2. The van der Waals surface area contributed by atoms with Crippen molar-refractivity contribution in [1.82, 2.24) is 4.90 Å². The Morgan fingerprint density at radius 3 is 1.92 bits per heavy atom. The minimum Gasteiger partial charge on any atom is -0.379 e. The molecule has 0 bridgehead atoms. The Morgan fingerprint density at radius 2 is 1.83 bits per heavy atom. The minimum atomic E-state index is -0.277. The van der Waals surface area contributed by atoms with E-state index in [2.05, 4.69) is 4.99 Å². The maximum Gasteiger partial charge on any atom is 0.215 e.